The number of para-hydroxylation sites is 1. The predicted octanol–water partition coefficient (Wildman–Crippen LogP) is 4.60. The van der Waals surface area contributed by atoms with Crippen LogP contribution in [0.4, 0.5) is 5.13 Å². The lowest BCUT2D eigenvalue weighted by atomic mass is 10.1. The molecule has 0 spiro atoms. The number of amides is 1. The molecule has 1 aromatic heterocycles. The van der Waals surface area contributed by atoms with Gasteiger partial charge in [0.05, 0.1) is 11.3 Å². The van der Waals surface area contributed by atoms with Gasteiger partial charge >= 0.3 is 0 Å². The van der Waals surface area contributed by atoms with Gasteiger partial charge < -0.3 is 9.64 Å². The maximum atomic E-state index is 13.4. The number of aryl methyl sites for hydroxylation is 1. The fourth-order valence-corrected chi connectivity index (χ4v) is 4.09. The normalized spacial score (nSPS) is 11.2. The van der Waals surface area contributed by atoms with E-state index in [-0.39, 0.29) is 5.91 Å². The van der Waals surface area contributed by atoms with Gasteiger partial charge in [0.25, 0.3) is 5.91 Å². The second kappa shape index (κ2) is 9.17. The molecule has 0 aliphatic rings. The van der Waals surface area contributed by atoms with E-state index in [1.165, 1.54) is 11.3 Å². The molecule has 0 aliphatic carbocycles. The maximum absolute atomic E-state index is 13.4. The number of aromatic nitrogens is 1. The lowest BCUT2D eigenvalue weighted by molar-refractivity contribution is 0.0985. The first-order valence-electron chi connectivity index (χ1n) is 9.55. The van der Waals surface area contributed by atoms with Crippen LogP contribution in [-0.2, 0) is 0 Å². The Morgan fingerprint density at radius 1 is 1.11 bits per heavy atom. The smallest absolute Gasteiger partial charge is 0.260 e. The highest BCUT2D eigenvalue weighted by Crippen LogP contribution is 2.35. The molecule has 2 aromatic carbocycles. The second-order valence-electron chi connectivity index (χ2n) is 6.96. The van der Waals surface area contributed by atoms with Crippen LogP contribution in [0.2, 0.25) is 0 Å². The highest BCUT2D eigenvalue weighted by atomic mass is 32.1. The molecule has 1 heterocycles. The van der Waals surface area contributed by atoms with Gasteiger partial charge in [-0.25, -0.2) is 4.98 Å². The van der Waals surface area contributed by atoms with Gasteiger partial charge in [0.1, 0.15) is 11.3 Å². The van der Waals surface area contributed by atoms with Crippen LogP contribution in [0.3, 0.4) is 0 Å². The fraction of sp³-hybridized carbons (Fsp3) is 0.364. The lowest BCUT2D eigenvalue weighted by Crippen LogP contribution is -2.33. The van der Waals surface area contributed by atoms with Crippen LogP contribution in [0.5, 0.6) is 5.75 Å². The highest BCUT2D eigenvalue weighted by Gasteiger charge is 2.23. The monoisotopic (exact) mass is 397 g/mol. The Balaban J connectivity index is 1.98. The van der Waals surface area contributed by atoms with Gasteiger partial charge in [-0.2, -0.15) is 0 Å². The summed E-state index contributed by atoms with van der Waals surface area (Å²) < 4.78 is 6.75. The summed E-state index contributed by atoms with van der Waals surface area (Å²) in [5.41, 5.74) is 2.51. The molecular weight excluding hydrogens is 370 g/mol. The summed E-state index contributed by atoms with van der Waals surface area (Å²) in [5, 5.41) is 0.717. The van der Waals surface area contributed by atoms with Crippen molar-refractivity contribution in [3.63, 3.8) is 0 Å². The van der Waals surface area contributed by atoms with Crippen molar-refractivity contribution in [1.82, 2.24) is 9.88 Å². The Bertz CT molecular complexity index is 952. The van der Waals surface area contributed by atoms with E-state index in [2.05, 4.69) is 4.90 Å². The number of hydrogen-bond donors (Lipinski definition) is 0. The molecule has 0 atom stereocenters. The van der Waals surface area contributed by atoms with Gasteiger partial charge in [0.15, 0.2) is 5.13 Å². The Kier molecular flexibility index (Phi) is 6.65. The van der Waals surface area contributed by atoms with E-state index in [1.807, 2.05) is 75.3 Å². The van der Waals surface area contributed by atoms with Gasteiger partial charge in [-0.3, -0.25) is 9.69 Å². The third kappa shape index (κ3) is 4.51. The predicted molar refractivity (Wildman–Crippen MR) is 117 cm³/mol. The minimum absolute atomic E-state index is 0.00567. The number of anilines is 1. The zero-order chi connectivity index (χ0) is 20.1. The molecule has 6 heteroatoms. The lowest BCUT2D eigenvalue weighted by Gasteiger charge is -2.21. The average molecular weight is 398 g/mol. The van der Waals surface area contributed by atoms with Crippen molar-refractivity contribution in [2.45, 2.75) is 20.3 Å². The molecule has 0 unspecified atom stereocenters. The summed E-state index contributed by atoms with van der Waals surface area (Å²) in [4.78, 5) is 22.1. The van der Waals surface area contributed by atoms with Crippen molar-refractivity contribution < 1.29 is 9.53 Å². The molecule has 3 aromatic rings. The standard InChI is InChI=1S/C22H27N3O2S/c1-5-27-18-12-8-13-19-20(18)23-22(28-19)25(15-9-14-24(3)4)21(26)17-11-7-6-10-16(17)2/h6-8,10-13H,5,9,14-15H2,1-4H3. The van der Waals surface area contributed by atoms with Crippen LogP contribution < -0.4 is 9.64 Å². The number of thiazole rings is 1. The second-order valence-corrected chi connectivity index (χ2v) is 7.97. The Morgan fingerprint density at radius 2 is 1.89 bits per heavy atom. The molecule has 0 saturated heterocycles. The maximum Gasteiger partial charge on any atom is 0.260 e. The summed E-state index contributed by atoms with van der Waals surface area (Å²) in [7, 11) is 4.08. The summed E-state index contributed by atoms with van der Waals surface area (Å²) in [5.74, 6) is 0.757. The molecule has 0 fully saturated rings. The van der Waals surface area contributed by atoms with Gasteiger partial charge in [-0.15, -0.1) is 0 Å². The number of carbonyl (C=O) groups is 1. The molecular formula is C22H27N3O2S. The van der Waals surface area contributed by atoms with E-state index in [4.69, 9.17) is 9.72 Å². The fourth-order valence-electron chi connectivity index (χ4n) is 3.09. The van der Waals surface area contributed by atoms with E-state index >= 15 is 0 Å². The molecule has 0 radical (unpaired) electrons. The zero-order valence-corrected chi connectivity index (χ0v) is 17.8. The van der Waals surface area contributed by atoms with Gasteiger partial charge in [-0.1, -0.05) is 35.6 Å². The van der Waals surface area contributed by atoms with Crippen LogP contribution in [0, 0.1) is 6.92 Å². The molecule has 5 nitrogen and oxygen atoms in total. The van der Waals surface area contributed by atoms with Crippen LogP contribution in [0.15, 0.2) is 42.5 Å². The quantitative estimate of drug-likeness (QED) is 0.557. The van der Waals surface area contributed by atoms with Gasteiger partial charge in [0, 0.05) is 12.1 Å². The van der Waals surface area contributed by atoms with Crippen molar-refractivity contribution >= 4 is 32.6 Å². The molecule has 28 heavy (non-hydrogen) atoms. The van der Waals surface area contributed by atoms with Crippen molar-refractivity contribution in [2.24, 2.45) is 0 Å². The first kappa shape index (κ1) is 20.3. The first-order chi connectivity index (χ1) is 13.5. The summed E-state index contributed by atoms with van der Waals surface area (Å²) >= 11 is 1.53. The number of rotatable bonds is 8. The van der Waals surface area contributed by atoms with E-state index < -0.39 is 0 Å². The zero-order valence-electron chi connectivity index (χ0n) is 16.9. The van der Waals surface area contributed by atoms with Gasteiger partial charge in [0.2, 0.25) is 0 Å². The Hall–Kier alpha value is -2.44. The number of hydrogen-bond acceptors (Lipinski definition) is 5. The summed E-state index contributed by atoms with van der Waals surface area (Å²) in [6, 6.07) is 13.6. The number of nitrogens with zero attached hydrogens (tertiary/aromatic N) is 3. The van der Waals surface area contributed by atoms with E-state index in [0.717, 1.165) is 40.1 Å². The van der Waals surface area contributed by atoms with Crippen molar-refractivity contribution in [2.75, 3.05) is 38.7 Å². The van der Waals surface area contributed by atoms with Crippen molar-refractivity contribution in [3.8, 4) is 5.75 Å². The van der Waals surface area contributed by atoms with E-state index in [1.54, 1.807) is 0 Å². The molecule has 148 valence electrons. The van der Waals surface area contributed by atoms with E-state index in [0.29, 0.717) is 18.3 Å². The minimum Gasteiger partial charge on any atom is -0.492 e. The van der Waals surface area contributed by atoms with Crippen LogP contribution in [0.25, 0.3) is 10.2 Å². The molecule has 1 amide bonds. The Labute approximate surface area is 170 Å². The van der Waals surface area contributed by atoms with E-state index in [9.17, 15) is 4.79 Å². The summed E-state index contributed by atoms with van der Waals surface area (Å²) in [6.07, 6.45) is 0.874. The molecule has 0 saturated carbocycles. The highest BCUT2D eigenvalue weighted by molar-refractivity contribution is 7.22. The van der Waals surface area contributed by atoms with Crippen molar-refractivity contribution in [3.05, 3.63) is 53.6 Å². The molecule has 3 rings (SSSR count). The average Bonchev–Trinajstić information content (AvgIpc) is 3.10. The molecule has 0 N–H and O–H groups in total. The van der Waals surface area contributed by atoms with Crippen LogP contribution in [0.1, 0.15) is 29.3 Å². The van der Waals surface area contributed by atoms with Gasteiger partial charge in [-0.05, 0) is 64.7 Å². The Morgan fingerprint density at radius 3 is 2.61 bits per heavy atom. The number of fused-ring (bicyclic) bond motifs is 1. The first-order valence-corrected chi connectivity index (χ1v) is 10.4. The van der Waals surface area contributed by atoms with Crippen LogP contribution >= 0.6 is 11.3 Å². The van der Waals surface area contributed by atoms with Crippen LogP contribution in [-0.4, -0.2) is 49.6 Å². The van der Waals surface area contributed by atoms with Crippen molar-refractivity contribution in [1.29, 1.82) is 0 Å². The molecule has 0 bridgehead atoms. The summed E-state index contributed by atoms with van der Waals surface area (Å²) in [6.45, 7) is 6.04. The number of ether oxygens (including phenoxy) is 1. The molecule has 0 aliphatic heterocycles. The number of benzene rings is 2. The SMILES string of the molecule is CCOc1cccc2sc(N(CCCN(C)C)C(=O)c3ccccc3C)nc12. The number of carbonyl (C=O) groups excluding carboxylic acids is 1. The third-order valence-corrected chi connectivity index (χ3v) is 5.55. The third-order valence-electron chi connectivity index (χ3n) is 4.51. The topological polar surface area (TPSA) is 45.7 Å². The largest absolute Gasteiger partial charge is 0.492 e. The minimum atomic E-state index is -0.00567.